The van der Waals surface area contributed by atoms with Crippen molar-refractivity contribution in [1.29, 1.82) is 0 Å². The van der Waals surface area contributed by atoms with Crippen LogP contribution < -0.4 is 5.32 Å². The minimum Gasteiger partial charge on any atom is -0.463 e. The molecular formula is C13H18N2O4. The van der Waals surface area contributed by atoms with Crippen LogP contribution in [0.3, 0.4) is 0 Å². The predicted molar refractivity (Wildman–Crippen MR) is 70.0 cm³/mol. The SMILES string of the molecule is COCC(C)(CCO)NC(=O)c1cc2occc2[nH]1. The zero-order valence-corrected chi connectivity index (χ0v) is 11.0. The zero-order valence-electron chi connectivity index (χ0n) is 11.0. The van der Waals surface area contributed by atoms with Crippen LogP contribution in [-0.2, 0) is 4.74 Å². The van der Waals surface area contributed by atoms with Crippen LogP contribution in [0.1, 0.15) is 23.8 Å². The van der Waals surface area contributed by atoms with Gasteiger partial charge in [-0.25, -0.2) is 0 Å². The molecule has 2 heterocycles. The number of hydrogen-bond acceptors (Lipinski definition) is 4. The number of methoxy groups -OCH3 is 1. The van der Waals surface area contributed by atoms with Gasteiger partial charge in [-0.05, 0) is 13.3 Å². The van der Waals surface area contributed by atoms with E-state index < -0.39 is 5.54 Å². The number of H-pyrrole nitrogens is 1. The monoisotopic (exact) mass is 266 g/mol. The van der Waals surface area contributed by atoms with Crippen LogP contribution in [0, 0.1) is 0 Å². The molecule has 0 saturated heterocycles. The third-order valence-electron chi connectivity index (χ3n) is 3.03. The van der Waals surface area contributed by atoms with E-state index in [1.807, 2.05) is 6.92 Å². The average molecular weight is 266 g/mol. The molecule has 6 heteroatoms. The molecular weight excluding hydrogens is 248 g/mol. The number of carbonyl (C=O) groups is 1. The van der Waals surface area contributed by atoms with Crippen molar-refractivity contribution in [2.75, 3.05) is 20.3 Å². The highest BCUT2D eigenvalue weighted by atomic mass is 16.5. The number of hydrogen-bond donors (Lipinski definition) is 3. The zero-order chi connectivity index (χ0) is 13.9. The molecule has 2 aromatic heterocycles. The van der Waals surface area contributed by atoms with E-state index >= 15 is 0 Å². The Labute approximate surface area is 110 Å². The summed E-state index contributed by atoms with van der Waals surface area (Å²) < 4.78 is 10.3. The summed E-state index contributed by atoms with van der Waals surface area (Å²) in [6.45, 7) is 2.14. The Morgan fingerprint density at radius 2 is 2.42 bits per heavy atom. The number of nitrogens with one attached hydrogen (secondary N) is 2. The lowest BCUT2D eigenvalue weighted by Crippen LogP contribution is -2.50. The van der Waals surface area contributed by atoms with E-state index in [1.54, 1.807) is 25.5 Å². The van der Waals surface area contributed by atoms with E-state index in [4.69, 9.17) is 14.3 Å². The Hall–Kier alpha value is -1.79. The average Bonchev–Trinajstić information content (AvgIpc) is 2.88. The van der Waals surface area contributed by atoms with Crippen LogP contribution in [0.5, 0.6) is 0 Å². The second-order valence-corrected chi connectivity index (χ2v) is 4.80. The second-order valence-electron chi connectivity index (χ2n) is 4.80. The molecule has 3 N–H and O–H groups in total. The molecule has 0 aromatic carbocycles. The lowest BCUT2D eigenvalue weighted by Gasteiger charge is -2.29. The first-order valence-corrected chi connectivity index (χ1v) is 6.06. The summed E-state index contributed by atoms with van der Waals surface area (Å²) in [6, 6.07) is 3.41. The fourth-order valence-corrected chi connectivity index (χ4v) is 2.05. The number of fused-ring (bicyclic) bond motifs is 1. The summed E-state index contributed by atoms with van der Waals surface area (Å²) in [5.74, 6) is -0.251. The van der Waals surface area contributed by atoms with Gasteiger partial charge in [-0.2, -0.15) is 0 Å². The minimum absolute atomic E-state index is 0.0206. The van der Waals surface area contributed by atoms with Gasteiger partial charge in [0.1, 0.15) is 5.69 Å². The highest BCUT2D eigenvalue weighted by Crippen LogP contribution is 2.17. The van der Waals surface area contributed by atoms with Crippen molar-refractivity contribution in [2.45, 2.75) is 18.9 Å². The largest absolute Gasteiger partial charge is 0.463 e. The summed E-state index contributed by atoms with van der Waals surface area (Å²) in [4.78, 5) is 15.1. The number of aromatic amines is 1. The maximum absolute atomic E-state index is 12.2. The number of ether oxygens (including phenoxy) is 1. The van der Waals surface area contributed by atoms with E-state index in [0.717, 1.165) is 5.52 Å². The molecule has 0 bridgehead atoms. The van der Waals surface area contributed by atoms with Gasteiger partial charge in [0.15, 0.2) is 5.58 Å². The summed E-state index contributed by atoms with van der Waals surface area (Å²) in [5, 5.41) is 11.9. The Morgan fingerprint density at radius 1 is 1.63 bits per heavy atom. The molecule has 1 atom stereocenters. The van der Waals surface area contributed by atoms with Gasteiger partial charge in [-0.1, -0.05) is 0 Å². The molecule has 0 aliphatic heterocycles. The normalized spacial score (nSPS) is 14.5. The molecule has 19 heavy (non-hydrogen) atoms. The molecule has 0 saturated carbocycles. The van der Waals surface area contributed by atoms with Gasteiger partial charge in [-0.3, -0.25) is 4.79 Å². The summed E-state index contributed by atoms with van der Waals surface area (Å²) >= 11 is 0. The molecule has 0 radical (unpaired) electrons. The van der Waals surface area contributed by atoms with Crippen molar-refractivity contribution < 1.29 is 19.1 Å². The maximum Gasteiger partial charge on any atom is 0.268 e. The van der Waals surface area contributed by atoms with Crippen molar-refractivity contribution in [3.05, 3.63) is 24.1 Å². The highest BCUT2D eigenvalue weighted by Gasteiger charge is 2.27. The number of rotatable bonds is 6. The lowest BCUT2D eigenvalue weighted by atomic mass is 9.99. The van der Waals surface area contributed by atoms with Gasteiger partial charge in [0.05, 0.1) is 23.9 Å². The van der Waals surface area contributed by atoms with Crippen LogP contribution in [0.4, 0.5) is 0 Å². The van der Waals surface area contributed by atoms with Gasteiger partial charge in [0, 0.05) is 25.8 Å². The van der Waals surface area contributed by atoms with Gasteiger partial charge in [0.25, 0.3) is 5.91 Å². The van der Waals surface area contributed by atoms with Crippen molar-refractivity contribution in [2.24, 2.45) is 0 Å². The first-order chi connectivity index (χ1) is 9.08. The summed E-state index contributed by atoms with van der Waals surface area (Å²) in [6.07, 6.45) is 1.98. The molecule has 0 spiro atoms. The Bertz CT molecular complexity index is 523. The first kappa shape index (κ1) is 13.6. The number of aromatic nitrogens is 1. The van der Waals surface area contributed by atoms with E-state index in [2.05, 4.69) is 10.3 Å². The van der Waals surface area contributed by atoms with Crippen molar-refractivity contribution in [3.8, 4) is 0 Å². The molecule has 0 aliphatic rings. The number of furan rings is 1. The number of carbonyl (C=O) groups excluding carboxylic acids is 1. The molecule has 2 rings (SSSR count). The smallest absolute Gasteiger partial charge is 0.268 e. The molecule has 2 aromatic rings. The number of amides is 1. The molecule has 1 unspecified atom stereocenters. The Kier molecular flexibility index (Phi) is 3.92. The van der Waals surface area contributed by atoms with Crippen LogP contribution in [-0.4, -0.2) is 41.9 Å². The second kappa shape index (κ2) is 5.46. The molecule has 1 amide bonds. The topological polar surface area (TPSA) is 87.5 Å². The standard InChI is InChI=1S/C13H18N2O4/c1-13(4-5-16,8-18-2)15-12(17)10-7-11-9(14-10)3-6-19-11/h3,6-7,14,16H,4-5,8H2,1-2H3,(H,15,17). The molecule has 0 aliphatic carbocycles. The Balaban J connectivity index is 2.12. The summed E-state index contributed by atoms with van der Waals surface area (Å²) in [7, 11) is 1.56. The van der Waals surface area contributed by atoms with E-state index in [-0.39, 0.29) is 12.5 Å². The van der Waals surface area contributed by atoms with Crippen LogP contribution in [0.25, 0.3) is 11.1 Å². The number of aliphatic hydroxyl groups is 1. The van der Waals surface area contributed by atoms with Gasteiger partial charge < -0.3 is 24.6 Å². The lowest BCUT2D eigenvalue weighted by molar-refractivity contribution is 0.0722. The van der Waals surface area contributed by atoms with E-state index in [9.17, 15) is 4.79 Å². The fourth-order valence-electron chi connectivity index (χ4n) is 2.05. The quantitative estimate of drug-likeness (QED) is 0.735. The third kappa shape index (κ3) is 2.97. The van der Waals surface area contributed by atoms with Crippen LogP contribution in [0.2, 0.25) is 0 Å². The van der Waals surface area contributed by atoms with Crippen LogP contribution in [0.15, 0.2) is 22.8 Å². The van der Waals surface area contributed by atoms with E-state index in [1.165, 1.54) is 0 Å². The molecule has 6 nitrogen and oxygen atoms in total. The number of aliphatic hydroxyl groups excluding tert-OH is 1. The molecule has 0 fully saturated rings. The third-order valence-corrected chi connectivity index (χ3v) is 3.03. The van der Waals surface area contributed by atoms with Crippen molar-refractivity contribution in [3.63, 3.8) is 0 Å². The minimum atomic E-state index is -0.604. The fraction of sp³-hybridized carbons (Fsp3) is 0.462. The van der Waals surface area contributed by atoms with Gasteiger partial charge in [0.2, 0.25) is 0 Å². The van der Waals surface area contributed by atoms with Gasteiger partial charge >= 0.3 is 0 Å². The van der Waals surface area contributed by atoms with Crippen molar-refractivity contribution >= 4 is 17.0 Å². The van der Waals surface area contributed by atoms with Gasteiger partial charge in [-0.15, -0.1) is 0 Å². The molecule has 104 valence electrons. The van der Waals surface area contributed by atoms with Crippen molar-refractivity contribution in [1.82, 2.24) is 10.3 Å². The summed E-state index contributed by atoms with van der Waals surface area (Å²) in [5.41, 5.74) is 1.24. The highest BCUT2D eigenvalue weighted by molar-refractivity contribution is 5.97. The predicted octanol–water partition coefficient (Wildman–Crippen LogP) is 1.28. The van der Waals surface area contributed by atoms with Crippen LogP contribution >= 0.6 is 0 Å². The first-order valence-electron chi connectivity index (χ1n) is 6.06. The Morgan fingerprint density at radius 3 is 3.05 bits per heavy atom. The van der Waals surface area contributed by atoms with E-state index in [0.29, 0.717) is 24.3 Å². The maximum atomic E-state index is 12.2.